The Morgan fingerprint density at radius 3 is 1.57 bits per heavy atom. The Balaban J connectivity index is 1.01. The van der Waals surface area contributed by atoms with Gasteiger partial charge in [-0.15, -0.1) is 0 Å². The molecule has 0 aliphatic carbocycles. The predicted molar refractivity (Wildman–Crippen MR) is 211 cm³/mol. The number of aromatic nitrogens is 5. The van der Waals surface area contributed by atoms with Crippen molar-refractivity contribution in [3.05, 3.63) is 164 Å². The van der Waals surface area contributed by atoms with E-state index in [1.807, 2.05) is 6.20 Å². The molecule has 0 bridgehead atoms. The van der Waals surface area contributed by atoms with Gasteiger partial charge in [0, 0.05) is 0 Å². The number of hydrogen-bond donors (Lipinski definition) is 0. The van der Waals surface area contributed by atoms with E-state index in [1.165, 1.54) is 52.1 Å². The van der Waals surface area contributed by atoms with Crippen LogP contribution in [0.2, 0.25) is 0 Å². The Morgan fingerprint density at radius 2 is 0.922 bits per heavy atom. The second-order valence-corrected chi connectivity index (χ2v) is 15.2. The van der Waals surface area contributed by atoms with Crippen molar-refractivity contribution in [3.8, 4) is 33.8 Å². The Kier molecular flexibility index (Phi) is 6.20. The second-order valence-electron chi connectivity index (χ2n) is 13.0. The molecule has 0 spiro atoms. The van der Waals surface area contributed by atoms with Gasteiger partial charge in [-0.05, 0) is 0 Å². The first-order chi connectivity index (χ1) is 25.3. The summed E-state index contributed by atoms with van der Waals surface area (Å²) in [6.45, 7) is 0. The molecule has 0 fully saturated rings. The van der Waals surface area contributed by atoms with Gasteiger partial charge in [-0.1, -0.05) is 0 Å². The molecular weight excluding hydrogens is 689 g/mol. The normalized spacial score (nSPS) is 11.9. The van der Waals surface area contributed by atoms with Crippen LogP contribution in [0.25, 0.3) is 96.9 Å². The number of rotatable bonds is 4. The van der Waals surface area contributed by atoms with Crippen LogP contribution in [-0.2, 0) is 0 Å². The minimum atomic E-state index is 0.0687. The van der Waals surface area contributed by atoms with E-state index in [0.717, 1.165) is 44.8 Å². The molecule has 11 aromatic rings. The Morgan fingerprint density at radius 1 is 0.392 bits per heavy atom. The molecule has 51 heavy (non-hydrogen) atoms. The van der Waals surface area contributed by atoms with E-state index in [2.05, 4.69) is 167 Å². The monoisotopic (exact) mass is 717 g/mol. The van der Waals surface area contributed by atoms with Crippen LogP contribution in [0.3, 0.4) is 0 Å². The average molecular weight is 717 g/mol. The molecule has 6 heteroatoms. The molecule has 0 saturated heterocycles. The summed E-state index contributed by atoms with van der Waals surface area (Å²) in [4.78, 5) is 4.99. The first kappa shape index (κ1) is 28.5. The number of benzene rings is 6. The van der Waals surface area contributed by atoms with Gasteiger partial charge in [0.05, 0.1) is 0 Å². The molecule has 238 valence electrons. The molecular formula is C45H27N5Se. The van der Waals surface area contributed by atoms with Crippen molar-refractivity contribution in [3.63, 3.8) is 0 Å². The van der Waals surface area contributed by atoms with Crippen molar-refractivity contribution in [1.82, 2.24) is 24.3 Å². The van der Waals surface area contributed by atoms with Crippen LogP contribution < -0.4 is 0 Å². The molecule has 0 atom stereocenters. The minimum absolute atomic E-state index is 0.0687. The Labute approximate surface area is 298 Å². The van der Waals surface area contributed by atoms with Crippen molar-refractivity contribution in [1.29, 1.82) is 0 Å². The topological polar surface area (TPSA) is 48.5 Å². The third kappa shape index (κ3) is 4.37. The molecule has 0 unspecified atom stereocenters. The van der Waals surface area contributed by atoms with Gasteiger partial charge in [-0.3, -0.25) is 0 Å². The van der Waals surface area contributed by atoms with E-state index in [9.17, 15) is 0 Å². The number of nitrogens with zero attached hydrogens (tertiary/aromatic N) is 5. The van der Waals surface area contributed by atoms with E-state index in [1.54, 1.807) is 0 Å². The van der Waals surface area contributed by atoms with Gasteiger partial charge in [0.1, 0.15) is 0 Å². The quantitative estimate of drug-likeness (QED) is 0.170. The van der Waals surface area contributed by atoms with Crippen LogP contribution in [0, 0.1) is 0 Å². The van der Waals surface area contributed by atoms with Gasteiger partial charge in [0.2, 0.25) is 0 Å². The first-order valence-corrected chi connectivity index (χ1v) is 18.7. The Bertz CT molecular complexity index is 2920. The van der Waals surface area contributed by atoms with E-state index in [-0.39, 0.29) is 14.5 Å². The van der Waals surface area contributed by atoms with Gasteiger partial charge in [0.25, 0.3) is 0 Å². The van der Waals surface area contributed by atoms with Gasteiger partial charge >= 0.3 is 300 Å². The fourth-order valence-electron chi connectivity index (χ4n) is 7.73. The summed E-state index contributed by atoms with van der Waals surface area (Å²) in [5, 5.41) is 14.4. The van der Waals surface area contributed by atoms with Gasteiger partial charge in [0.15, 0.2) is 0 Å². The molecule has 0 aliphatic rings. The third-order valence-electron chi connectivity index (χ3n) is 10.1. The van der Waals surface area contributed by atoms with Crippen LogP contribution >= 0.6 is 0 Å². The van der Waals surface area contributed by atoms with Gasteiger partial charge in [-0.2, -0.15) is 0 Å². The fourth-order valence-corrected chi connectivity index (χ4v) is 9.98. The molecule has 0 amide bonds. The molecule has 0 saturated carbocycles. The zero-order chi connectivity index (χ0) is 33.5. The van der Waals surface area contributed by atoms with E-state index < -0.39 is 0 Å². The van der Waals surface area contributed by atoms with Crippen molar-refractivity contribution in [2.24, 2.45) is 0 Å². The van der Waals surface area contributed by atoms with Crippen molar-refractivity contribution < 1.29 is 0 Å². The van der Waals surface area contributed by atoms with Crippen LogP contribution in [-0.4, -0.2) is 38.8 Å². The maximum absolute atomic E-state index is 4.99. The molecule has 6 aromatic carbocycles. The first-order valence-electron chi connectivity index (χ1n) is 17.0. The number of fused-ring (bicyclic) bond motifs is 9. The van der Waals surface area contributed by atoms with Crippen molar-refractivity contribution >= 4 is 77.7 Å². The Hall–Kier alpha value is -6.33. The van der Waals surface area contributed by atoms with Gasteiger partial charge in [-0.25, -0.2) is 0 Å². The summed E-state index contributed by atoms with van der Waals surface area (Å²) in [5.41, 5.74) is 13.2. The van der Waals surface area contributed by atoms with E-state index in [4.69, 9.17) is 15.2 Å². The number of pyridine rings is 1. The van der Waals surface area contributed by atoms with E-state index >= 15 is 0 Å². The molecule has 0 radical (unpaired) electrons. The summed E-state index contributed by atoms with van der Waals surface area (Å²) in [6.07, 6.45) is 1.99. The van der Waals surface area contributed by atoms with E-state index in [0.29, 0.717) is 0 Å². The predicted octanol–water partition coefficient (Wildman–Crippen LogP) is 10.8. The summed E-state index contributed by atoms with van der Waals surface area (Å²) in [7, 11) is 0. The summed E-state index contributed by atoms with van der Waals surface area (Å²) < 4.78 is 7.16. The average Bonchev–Trinajstić information content (AvgIpc) is 3.85. The fraction of sp³-hybridized carbons (Fsp3) is 0. The molecule has 5 aromatic heterocycles. The zero-order valence-corrected chi connectivity index (χ0v) is 28.9. The van der Waals surface area contributed by atoms with Crippen molar-refractivity contribution in [2.75, 3.05) is 0 Å². The van der Waals surface area contributed by atoms with Crippen LogP contribution in [0.5, 0.6) is 0 Å². The molecule has 0 N–H and O–H groups in total. The third-order valence-corrected chi connectivity index (χ3v) is 12.3. The molecule has 11 rings (SSSR count). The standard InChI is InChI=1S/C45H27N5Se/c1-3-11-31(12-4-1)49-38-17-9-7-15-33(38)35-23-28(19-21-40(35)49)30-25-42-44(46-27-30)45-43(51-42)26-37(47-48-45)29-20-22-41-36(24-29)34-16-8-10-18-39(34)50(41)32-13-5-2-6-14-32/h1-27H. The molecule has 0 aliphatic heterocycles. The van der Waals surface area contributed by atoms with Crippen LogP contribution in [0.4, 0.5) is 0 Å². The molecule has 5 heterocycles. The maximum atomic E-state index is 4.99. The zero-order valence-electron chi connectivity index (χ0n) is 27.2. The van der Waals surface area contributed by atoms with Gasteiger partial charge < -0.3 is 0 Å². The number of para-hydroxylation sites is 4. The summed E-state index contributed by atoms with van der Waals surface area (Å²) >= 11 is 0.0687. The van der Waals surface area contributed by atoms with Crippen LogP contribution in [0.15, 0.2) is 164 Å². The summed E-state index contributed by atoms with van der Waals surface area (Å²) in [5.74, 6) is 0. The second kappa shape index (κ2) is 11.1. The number of hydrogen-bond acceptors (Lipinski definition) is 3. The van der Waals surface area contributed by atoms with Crippen molar-refractivity contribution in [2.45, 2.75) is 0 Å². The summed E-state index contributed by atoms with van der Waals surface area (Å²) in [6, 6.07) is 56.4. The molecule has 5 nitrogen and oxygen atoms in total. The van der Waals surface area contributed by atoms with Crippen LogP contribution in [0.1, 0.15) is 0 Å². The SMILES string of the molecule is c1ccc(-n2c3ccccc3c3cc(-c4cnc5c(c4)[se]c4cc(-c6ccc7c(c6)c6ccccc6n7-c6ccccc6)nnc45)ccc32)cc1.